The van der Waals surface area contributed by atoms with Gasteiger partial charge in [0.2, 0.25) is 10.0 Å². The Morgan fingerprint density at radius 1 is 1.13 bits per heavy atom. The zero-order chi connectivity index (χ0) is 22.2. The molecule has 4 rings (SSSR count). The maximum atomic E-state index is 12.9. The van der Waals surface area contributed by atoms with Crippen LogP contribution in [0.2, 0.25) is 5.02 Å². The molecule has 1 N–H and O–H groups in total. The Kier molecular flexibility index (Phi) is 5.88. The maximum absolute atomic E-state index is 12.9. The average molecular weight is 461 g/mol. The molecule has 2 aromatic carbocycles. The van der Waals surface area contributed by atoms with Gasteiger partial charge >= 0.3 is 0 Å². The van der Waals surface area contributed by atoms with Crippen LogP contribution < -0.4 is 10.7 Å². The predicted octanol–water partition coefficient (Wildman–Crippen LogP) is 4.26. The van der Waals surface area contributed by atoms with E-state index in [-0.39, 0.29) is 33.1 Å². The van der Waals surface area contributed by atoms with Gasteiger partial charge in [-0.3, -0.25) is 9.59 Å². The summed E-state index contributed by atoms with van der Waals surface area (Å²) >= 11 is 5.90. The molecule has 162 valence electrons. The number of hydrogen-bond acceptors (Lipinski definition) is 5. The lowest BCUT2D eigenvalue weighted by Gasteiger charge is -2.32. The van der Waals surface area contributed by atoms with Crippen molar-refractivity contribution in [2.24, 2.45) is 0 Å². The number of sulfonamides is 1. The fraction of sp³-hybridized carbons (Fsp3) is 0.273. The molecule has 0 unspecified atom stereocenters. The smallest absolute Gasteiger partial charge is 0.291 e. The summed E-state index contributed by atoms with van der Waals surface area (Å²) in [7, 11) is -3.59. The van der Waals surface area contributed by atoms with E-state index < -0.39 is 15.9 Å². The molecule has 1 aliphatic rings. The van der Waals surface area contributed by atoms with Crippen molar-refractivity contribution in [3.05, 3.63) is 69.5 Å². The van der Waals surface area contributed by atoms with Gasteiger partial charge in [0.15, 0.2) is 11.2 Å². The monoisotopic (exact) mass is 460 g/mol. The molecule has 1 amide bonds. The Hall–Kier alpha value is -2.68. The van der Waals surface area contributed by atoms with Crippen LogP contribution in [0.3, 0.4) is 0 Å². The zero-order valence-corrected chi connectivity index (χ0v) is 18.4. The van der Waals surface area contributed by atoms with E-state index in [1.807, 2.05) is 6.92 Å². The number of carbonyl (C=O) groups is 1. The van der Waals surface area contributed by atoms with Gasteiger partial charge < -0.3 is 9.73 Å². The number of nitrogens with zero attached hydrogens (tertiary/aromatic N) is 1. The quantitative estimate of drug-likeness (QED) is 0.627. The summed E-state index contributed by atoms with van der Waals surface area (Å²) in [5.41, 5.74) is 0.250. The van der Waals surface area contributed by atoms with Crippen molar-refractivity contribution in [3.63, 3.8) is 0 Å². The molecule has 2 heterocycles. The highest BCUT2D eigenvalue weighted by Crippen LogP contribution is 2.26. The van der Waals surface area contributed by atoms with Crippen LogP contribution in [0.1, 0.15) is 36.7 Å². The molecular formula is C22H21ClN2O5S. The van der Waals surface area contributed by atoms with Gasteiger partial charge in [-0.2, -0.15) is 4.31 Å². The standard InChI is InChI=1S/C22H21ClN2O5S/c1-14-4-2-3-11-25(14)31(28,29)17-8-6-16(7-9-17)24-22(27)21-13-19(26)18-12-15(23)5-10-20(18)30-21/h5-10,12-14H,2-4,11H2,1H3,(H,24,27)/t14-/m0/s1. The first-order valence-electron chi connectivity index (χ1n) is 9.92. The summed E-state index contributed by atoms with van der Waals surface area (Å²) < 4.78 is 32.9. The topological polar surface area (TPSA) is 96.7 Å². The zero-order valence-electron chi connectivity index (χ0n) is 16.8. The summed E-state index contributed by atoms with van der Waals surface area (Å²) in [5.74, 6) is -0.770. The number of halogens is 1. The molecule has 3 aromatic rings. The van der Waals surface area contributed by atoms with Gasteiger partial charge in [-0.1, -0.05) is 18.0 Å². The van der Waals surface area contributed by atoms with Crippen molar-refractivity contribution >= 4 is 44.2 Å². The molecule has 0 radical (unpaired) electrons. The molecular weight excluding hydrogens is 440 g/mol. The summed E-state index contributed by atoms with van der Waals surface area (Å²) in [5, 5.41) is 3.30. The third kappa shape index (κ3) is 4.37. The first-order chi connectivity index (χ1) is 14.8. The van der Waals surface area contributed by atoms with Crippen LogP contribution in [0, 0.1) is 0 Å². The summed E-state index contributed by atoms with van der Waals surface area (Å²) in [6.07, 6.45) is 2.72. The van der Waals surface area contributed by atoms with E-state index >= 15 is 0 Å². The number of piperidine rings is 1. The second-order valence-corrected chi connectivity index (χ2v) is 9.88. The van der Waals surface area contributed by atoms with Crippen molar-refractivity contribution in [2.75, 3.05) is 11.9 Å². The molecule has 1 saturated heterocycles. The number of anilines is 1. The van der Waals surface area contributed by atoms with Gasteiger partial charge in [0.1, 0.15) is 5.58 Å². The first kappa shape index (κ1) is 21.5. The molecule has 1 fully saturated rings. The second kappa shape index (κ2) is 8.45. The van der Waals surface area contributed by atoms with Crippen molar-refractivity contribution in [1.82, 2.24) is 4.31 Å². The molecule has 0 spiro atoms. The van der Waals surface area contributed by atoms with Crippen molar-refractivity contribution in [2.45, 2.75) is 37.1 Å². The van der Waals surface area contributed by atoms with Crippen LogP contribution in [0.5, 0.6) is 0 Å². The van der Waals surface area contributed by atoms with Gasteiger partial charge in [0, 0.05) is 29.4 Å². The van der Waals surface area contributed by atoms with Gasteiger partial charge in [-0.05, 0) is 62.2 Å². The van der Waals surface area contributed by atoms with Crippen LogP contribution >= 0.6 is 11.6 Å². The minimum atomic E-state index is -3.59. The highest BCUT2D eigenvalue weighted by atomic mass is 35.5. The Morgan fingerprint density at radius 2 is 1.87 bits per heavy atom. The fourth-order valence-corrected chi connectivity index (χ4v) is 5.58. The average Bonchev–Trinajstić information content (AvgIpc) is 2.74. The maximum Gasteiger partial charge on any atom is 0.291 e. The molecule has 9 heteroatoms. The minimum absolute atomic E-state index is 0.0381. The molecule has 1 atom stereocenters. The largest absolute Gasteiger partial charge is 0.451 e. The van der Waals surface area contributed by atoms with E-state index in [1.165, 1.54) is 40.7 Å². The molecule has 31 heavy (non-hydrogen) atoms. The van der Waals surface area contributed by atoms with E-state index in [4.69, 9.17) is 16.0 Å². The Morgan fingerprint density at radius 3 is 2.58 bits per heavy atom. The van der Waals surface area contributed by atoms with Crippen LogP contribution in [0.4, 0.5) is 5.69 Å². The molecule has 1 aromatic heterocycles. The van der Waals surface area contributed by atoms with E-state index in [0.717, 1.165) is 25.3 Å². The highest BCUT2D eigenvalue weighted by Gasteiger charge is 2.30. The van der Waals surface area contributed by atoms with E-state index in [2.05, 4.69) is 5.32 Å². The molecule has 0 bridgehead atoms. The lowest BCUT2D eigenvalue weighted by molar-refractivity contribution is 0.0997. The van der Waals surface area contributed by atoms with Crippen molar-refractivity contribution < 1.29 is 17.6 Å². The predicted molar refractivity (Wildman–Crippen MR) is 119 cm³/mol. The highest BCUT2D eigenvalue weighted by molar-refractivity contribution is 7.89. The van der Waals surface area contributed by atoms with Crippen molar-refractivity contribution in [3.8, 4) is 0 Å². The lowest BCUT2D eigenvalue weighted by Crippen LogP contribution is -2.41. The third-order valence-electron chi connectivity index (χ3n) is 5.37. The Labute approximate surface area is 184 Å². The number of rotatable bonds is 4. The minimum Gasteiger partial charge on any atom is -0.451 e. The van der Waals surface area contributed by atoms with E-state index in [0.29, 0.717) is 17.3 Å². The Bertz CT molecular complexity index is 1300. The van der Waals surface area contributed by atoms with Gasteiger partial charge in [0.25, 0.3) is 5.91 Å². The summed E-state index contributed by atoms with van der Waals surface area (Å²) in [6.45, 7) is 2.42. The Balaban J connectivity index is 1.54. The normalized spacial score (nSPS) is 17.5. The molecule has 7 nitrogen and oxygen atoms in total. The van der Waals surface area contributed by atoms with E-state index in [9.17, 15) is 18.0 Å². The van der Waals surface area contributed by atoms with Gasteiger partial charge in [0.05, 0.1) is 10.3 Å². The number of carbonyl (C=O) groups excluding carboxylic acids is 1. The molecule has 0 aliphatic carbocycles. The van der Waals surface area contributed by atoms with Crippen LogP contribution in [-0.2, 0) is 10.0 Å². The number of amides is 1. The first-order valence-corrected chi connectivity index (χ1v) is 11.7. The summed E-state index contributed by atoms with van der Waals surface area (Å²) in [4.78, 5) is 25.0. The molecule has 1 aliphatic heterocycles. The van der Waals surface area contributed by atoms with Gasteiger partial charge in [-0.15, -0.1) is 0 Å². The SMILES string of the molecule is C[C@H]1CCCCN1S(=O)(=O)c1ccc(NC(=O)c2cc(=O)c3cc(Cl)ccc3o2)cc1. The number of hydrogen-bond donors (Lipinski definition) is 1. The van der Waals surface area contributed by atoms with Crippen LogP contribution in [0.25, 0.3) is 11.0 Å². The van der Waals surface area contributed by atoms with Gasteiger partial charge in [-0.25, -0.2) is 8.42 Å². The second-order valence-electron chi connectivity index (χ2n) is 7.55. The van der Waals surface area contributed by atoms with Crippen LogP contribution in [0.15, 0.2) is 62.6 Å². The fourth-order valence-electron chi connectivity index (χ4n) is 3.71. The molecule has 0 saturated carbocycles. The summed E-state index contributed by atoms with van der Waals surface area (Å²) in [6, 6.07) is 11.6. The lowest BCUT2D eigenvalue weighted by atomic mass is 10.1. The van der Waals surface area contributed by atoms with E-state index in [1.54, 1.807) is 6.07 Å². The van der Waals surface area contributed by atoms with Crippen molar-refractivity contribution in [1.29, 1.82) is 0 Å². The van der Waals surface area contributed by atoms with Crippen LogP contribution in [-0.4, -0.2) is 31.2 Å². The number of benzene rings is 2. The number of fused-ring (bicyclic) bond motifs is 1. The third-order valence-corrected chi connectivity index (χ3v) is 7.64. The number of nitrogens with one attached hydrogen (secondary N) is 1.